The second kappa shape index (κ2) is 9.43. The zero-order valence-corrected chi connectivity index (χ0v) is 18.7. The van der Waals surface area contributed by atoms with Gasteiger partial charge in [0.05, 0.1) is 11.5 Å². The third-order valence-corrected chi connectivity index (χ3v) is 6.10. The minimum atomic E-state index is -0.961. The van der Waals surface area contributed by atoms with Crippen LogP contribution in [0.25, 0.3) is 0 Å². The zero-order valence-electron chi connectivity index (χ0n) is 18.7. The summed E-state index contributed by atoms with van der Waals surface area (Å²) in [5.41, 5.74) is 0.827. The van der Waals surface area contributed by atoms with Crippen molar-refractivity contribution in [2.45, 2.75) is 57.9 Å². The van der Waals surface area contributed by atoms with E-state index in [0.717, 1.165) is 32.2 Å². The van der Waals surface area contributed by atoms with Crippen LogP contribution in [0.15, 0.2) is 29.1 Å². The van der Waals surface area contributed by atoms with Gasteiger partial charge in [0.15, 0.2) is 0 Å². The number of nitrogens with one attached hydrogen (secondary N) is 4. The number of fused-ring (bicyclic) bond motifs is 1. The van der Waals surface area contributed by atoms with E-state index in [0.29, 0.717) is 17.3 Å². The highest BCUT2D eigenvalue weighted by Gasteiger charge is 2.35. The number of aromatic nitrogens is 2. The Balaban J connectivity index is 1.59. The van der Waals surface area contributed by atoms with Crippen molar-refractivity contribution in [3.63, 3.8) is 0 Å². The van der Waals surface area contributed by atoms with Crippen LogP contribution in [-0.2, 0) is 14.4 Å². The van der Waals surface area contributed by atoms with Crippen LogP contribution < -0.4 is 26.4 Å². The van der Waals surface area contributed by atoms with Gasteiger partial charge in [0.2, 0.25) is 23.7 Å². The molecule has 2 atom stereocenters. The first-order chi connectivity index (χ1) is 15.9. The number of carbonyl (C=O) groups excluding carboxylic acids is 3. The van der Waals surface area contributed by atoms with Crippen LogP contribution in [0.1, 0.15) is 57.4 Å². The largest absolute Gasteiger partial charge is 0.339 e. The molecule has 0 spiro atoms. The minimum absolute atomic E-state index is 0.145. The summed E-state index contributed by atoms with van der Waals surface area (Å²) in [5, 5.41) is 8.08. The van der Waals surface area contributed by atoms with Crippen LogP contribution in [0.5, 0.6) is 0 Å². The maximum absolute atomic E-state index is 13.0. The van der Waals surface area contributed by atoms with Gasteiger partial charge in [-0.3, -0.25) is 24.2 Å². The van der Waals surface area contributed by atoms with E-state index in [1.165, 1.54) is 6.92 Å². The Hall–Kier alpha value is -3.69. The zero-order chi connectivity index (χ0) is 23.5. The molecular weight excluding hydrogens is 424 g/mol. The average Bonchev–Trinajstić information content (AvgIpc) is 2.79. The molecule has 0 saturated carbocycles. The molecule has 2 aromatic rings. The lowest BCUT2D eigenvalue weighted by Crippen LogP contribution is -2.43. The van der Waals surface area contributed by atoms with Gasteiger partial charge in [-0.15, -0.1) is 0 Å². The number of hydrogen-bond acceptors (Lipinski definition) is 6. The highest BCUT2D eigenvalue weighted by molar-refractivity contribution is 6.04. The number of anilines is 4. The van der Waals surface area contributed by atoms with Gasteiger partial charge < -0.3 is 20.9 Å². The second-order valence-corrected chi connectivity index (χ2v) is 8.46. The van der Waals surface area contributed by atoms with Crippen LogP contribution >= 0.6 is 0 Å². The molecule has 2 aliphatic heterocycles. The van der Waals surface area contributed by atoms with Crippen LogP contribution in [0.2, 0.25) is 0 Å². The van der Waals surface area contributed by atoms with Gasteiger partial charge in [-0.1, -0.05) is 6.92 Å². The van der Waals surface area contributed by atoms with Gasteiger partial charge >= 0.3 is 0 Å². The smallest absolute Gasteiger partial charge is 0.258 e. The average molecular weight is 453 g/mol. The number of benzene rings is 1. The number of amides is 3. The summed E-state index contributed by atoms with van der Waals surface area (Å²) in [5.74, 6) is -1.41. The van der Waals surface area contributed by atoms with E-state index in [9.17, 15) is 19.2 Å². The third-order valence-electron chi connectivity index (χ3n) is 6.10. The number of nitrogens with zero attached hydrogens (tertiary/aromatic N) is 2. The molecule has 0 unspecified atom stereocenters. The maximum Gasteiger partial charge on any atom is 0.258 e. The molecule has 0 radical (unpaired) electrons. The van der Waals surface area contributed by atoms with Gasteiger partial charge in [0.1, 0.15) is 5.82 Å². The lowest BCUT2D eigenvalue weighted by Gasteiger charge is -2.36. The van der Waals surface area contributed by atoms with Crippen molar-refractivity contribution in [3.8, 4) is 0 Å². The lowest BCUT2D eigenvalue weighted by molar-refractivity contribution is -0.123. The van der Waals surface area contributed by atoms with E-state index in [1.54, 1.807) is 24.3 Å². The Morgan fingerprint density at radius 2 is 1.82 bits per heavy atom. The number of rotatable bonds is 5. The first-order valence-electron chi connectivity index (χ1n) is 11.2. The van der Waals surface area contributed by atoms with Gasteiger partial charge in [0.25, 0.3) is 5.56 Å². The molecule has 33 heavy (non-hydrogen) atoms. The SMILES string of the molecule is CC[C@@H]1CCCCN1c1nc2c(c(=O)[nH]1)[C@H](C(=O)Nc1ccc(NC(C)=O)cc1)CC(=O)N2. The molecule has 3 amide bonds. The fraction of sp³-hybridized carbons (Fsp3) is 0.435. The van der Waals surface area contributed by atoms with Crippen molar-refractivity contribution in [1.29, 1.82) is 0 Å². The molecule has 1 aromatic heterocycles. The molecule has 10 heteroatoms. The normalized spacial score (nSPS) is 19.9. The van der Waals surface area contributed by atoms with Crippen molar-refractivity contribution in [2.24, 2.45) is 0 Å². The molecule has 174 valence electrons. The molecule has 10 nitrogen and oxygen atoms in total. The molecule has 4 rings (SSSR count). The molecule has 1 saturated heterocycles. The summed E-state index contributed by atoms with van der Waals surface area (Å²) in [7, 11) is 0. The summed E-state index contributed by atoms with van der Waals surface area (Å²) in [6.45, 7) is 4.29. The summed E-state index contributed by atoms with van der Waals surface area (Å²) >= 11 is 0. The van der Waals surface area contributed by atoms with Crippen molar-refractivity contribution < 1.29 is 14.4 Å². The molecule has 2 aliphatic rings. The molecule has 1 aromatic carbocycles. The molecule has 1 fully saturated rings. The monoisotopic (exact) mass is 452 g/mol. The molecule has 0 aliphatic carbocycles. The van der Waals surface area contributed by atoms with Crippen LogP contribution in [0.4, 0.5) is 23.1 Å². The number of hydrogen-bond donors (Lipinski definition) is 4. The van der Waals surface area contributed by atoms with E-state index in [1.807, 2.05) is 0 Å². The third kappa shape index (κ3) is 4.89. The summed E-state index contributed by atoms with van der Waals surface area (Å²) in [6, 6.07) is 6.86. The molecule has 3 heterocycles. The van der Waals surface area contributed by atoms with Gasteiger partial charge in [-0.25, -0.2) is 0 Å². The predicted octanol–water partition coefficient (Wildman–Crippen LogP) is 2.56. The number of carbonyl (C=O) groups is 3. The molecular formula is C23H28N6O4. The Bertz CT molecular complexity index is 1130. The van der Waals surface area contributed by atoms with Gasteiger partial charge in [-0.05, 0) is 49.9 Å². The van der Waals surface area contributed by atoms with E-state index in [4.69, 9.17) is 0 Å². The Kier molecular flexibility index (Phi) is 6.43. The highest BCUT2D eigenvalue weighted by Crippen LogP contribution is 2.32. The number of piperidine rings is 1. The lowest BCUT2D eigenvalue weighted by atomic mass is 9.92. The number of aromatic amines is 1. The standard InChI is InChI=1S/C23H28N6O4/c1-3-16-6-4-5-11-29(16)23-27-20-19(22(33)28-23)17(12-18(31)26-20)21(32)25-15-9-7-14(8-10-15)24-13(2)30/h7-10,16-17H,3-6,11-12H2,1-2H3,(H,24,30)(H,25,32)(H2,26,27,28,31,33)/t16-,17-/m1/s1. The molecule has 4 N–H and O–H groups in total. The number of H-pyrrole nitrogens is 1. The van der Waals surface area contributed by atoms with Crippen molar-refractivity contribution in [2.75, 3.05) is 27.4 Å². The Labute approximate surface area is 191 Å². The maximum atomic E-state index is 13.0. The van der Waals surface area contributed by atoms with E-state index < -0.39 is 17.4 Å². The fourth-order valence-electron chi connectivity index (χ4n) is 4.49. The Morgan fingerprint density at radius 1 is 1.12 bits per heavy atom. The van der Waals surface area contributed by atoms with Gasteiger partial charge in [0, 0.05) is 37.3 Å². The molecule has 0 bridgehead atoms. The summed E-state index contributed by atoms with van der Waals surface area (Å²) in [4.78, 5) is 59.1. The van der Waals surface area contributed by atoms with Crippen molar-refractivity contribution in [1.82, 2.24) is 9.97 Å². The van der Waals surface area contributed by atoms with E-state index >= 15 is 0 Å². The van der Waals surface area contributed by atoms with Crippen molar-refractivity contribution >= 4 is 40.9 Å². The summed E-state index contributed by atoms with van der Waals surface area (Å²) < 4.78 is 0. The van der Waals surface area contributed by atoms with Crippen LogP contribution in [0, 0.1) is 0 Å². The van der Waals surface area contributed by atoms with Gasteiger partial charge in [-0.2, -0.15) is 4.98 Å². The Morgan fingerprint density at radius 3 is 2.48 bits per heavy atom. The quantitative estimate of drug-likeness (QED) is 0.550. The van der Waals surface area contributed by atoms with Crippen LogP contribution in [-0.4, -0.2) is 40.3 Å². The fourth-order valence-corrected chi connectivity index (χ4v) is 4.49. The second-order valence-electron chi connectivity index (χ2n) is 8.46. The predicted molar refractivity (Wildman–Crippen MR) is 125 cm³/mol. The van der Waals surface area contributed by atoms with E-state index in [2.05, 4.69) is 37.7 Å². The first-order valence-corrected chi connectivity index (χ1v) is 11.2. The topological polar surface area (TPSA) is 136 Å². The van der Waals surface area contributed by atoms with Crippen molar-refractivity contribution in [3.05, 3.63) is 40.2 Å². The highest BCUT2D eigenvalue weighted by atomic mass is 16.2. The minimum Gasteiger partial charge on any atom is -0.339 e. The van der Waals surface area contributed by atoms with E-state index in [-0.39, 0.29) is 35.7 Å². The first kappa shape index (κ1) is 22.5. The summed E-state index contributed by atoms with van der Waals surface area (Å²) in [6.07, 6.45) is 3.95. The van der Waals surface area contributed by atoms with Crippen LogP contribution in [0.3, 0.4) is 0 Å².